The number of benzene rings is 3. The number of hydrogen-bond acceptors (Lipinski definition) is 7. The van der Waals surface area contributed by atoms with Gasteiger partial charge in [-0.1, -0.05) is 0 Å². The van der Waals surface area contributed by atoms with E-state index < -0.39 is 0 Å². The van der Waals surface area contributed by atoms with Gasteiger partial charge in [0.15, 0.2) is 12.6 Å². The van der Waals surface area contributed by atoms with Gasteiger partial charge in [-0.05, 0) is 53.6 Å². The number of hydrogen-bond donors (Lipinski definition) is 1. The molecular weight excluding hydrogens is 400 g/mol. The Morgan fingerprint density at radius 2 is 1.16 bits per heavy atom. The van der Waals surface area contributed by atoms with Crippen molar-refractivity contribution in [3.8, 4) is 28.7 Å². The van der Waals surface area contributed by atoms with Crippen molar-refractivity contribution in [2.45, 2.75) is 13.2 Å². The van der Waals surface area contributed by atoms with E-state index >= 15 is 0 Å². The van der Waals surface area contributed by atoms with Crippen LogP contribution in [0.4, 0.5) is 0 Å². The van der Waals surface area contributed by atoms with E-state index in [2.05, 4.69) is 0 Å². The lowest BCUT2D eigenvalue weighted by atomic mass is 10.1. The molecule has 0 atom stereocenters. The number of methoxy groups -OCH3 is 2. The van der Waals surface area contributed by atoms with Crippen molar-refractivity contribution in [3.05, 3.63) is 76.9 Å². The molecule has 0 aliphatic rings. The summed E-state index contributed by atoms with van der Waals surface area (Å²) in [5.41, 5.74) is 2.35. The van der Waals surface area contributed by atoms with Crippen LogP contribution in [0.1, 0.15) is 31.8 Å². The van der Waals surface area contributed by atoms with Crippen LogP contribution in [0.5, 0.6) is 28.7 Å². The Kier molecular flexibility index (Phi) is 7.11. The number of phenols is 1. The molecule has 0 aliphatic heterocycles. The summed E-state index contributed by atoms with van der Waals surface area (Å²) >= 11 is 0. The highest BCUT2D eigenvalue weighted by Crippen LogP contribution is 2.26. The average molecular weight is 422 g/mol. The van der Waals surface area contributed by atoms with Crippen LogP contribution in [-0.2, 0) is 13.2 Å². The van der Waals surface area contributed by atoms with Gasteiger partial charge in [-0.25, -0.2) is 0 Å². The first-order valence-electron chi connectivity index (χ1n) is 9.40. The Morgan fingerprint density at radius 1 is 0.710 bits per heavy atom. The van der Waals surface area contributed by atoms with E-state index in [4.69, 9.17) is 18.9 Å². The van der Waals surface area contributed by atoms with Gasteiger partial charge in [0.05, 0.1) is 25.3 Å². The predicted molar refractivity (Wildman–Crippen MR) is 114 cm³/mol. The van der Waals surface area contributed by atoms with Crippen molar-refractivity contribution in [1.82, 2.24) is 0 Å². The number of aldehydes is 2. The minimum absolute atomic E-state index is 0.0856. The minimum atomic E-state index is 0.0856. The van der Waals surface area contributed by atoms with Crippen LogP contribution in [0, 0.1) is 0 Å². The van der Waals surface area contributed by atoms with Crippen LogP contribution in [-0.4, -0.2) is 31.9 Å². The zero-order valence-corrected chi connectivity index (χ0v) is 17.2. The quantitative estimate of drug-likeness (QED) is 0.490. The van der Waals surface area contributed by atoms with Crippen LogP contribution >= 0.6 is 0 Å². The van der Waals surface area contributed by atoms with Gasteiger partial charge < -0.3 is 24.1 Å². The maximum absolute atomic E-state index is 11.0. The molecule has 0 spiro atoms. The van der Waals surface area contributed by atoms with Crippen molar-refractivity contribution >= 4 is 12.6 Å². The molecule has 0 bridgehead atoms. The molecule has 1 N–H and O–H groups in total. The second-order valence-corrected chi connectivity index (χ2v) is 6.63. The zero-order valence-electron chi connectivity index (χ0n) is 17.2. The molecule has 0 saturated heterocycles. The highest BCUT2D eigenvalue weighted by atomic mass is 16.5. The molecule has 0 heterocycles. The van der Waals surface area contributed by atoms with Crippen molar-refractivity contribution in [3.63, 3.8) is 0 Å². The first-order chi connectivity index (χ1) is 15.1. The fourth-order valence-electron chi connectivity index (χ4n) is 3.00. The Bertz CT molecular complexity index is 994. The van der Waals surface area contributed by atoms with E-state index in [-0.39, 0.29) is 19.0 Å². The predicted octanol–water partition coefficient (Wildman–Crippen LogP) is 4.19. The summed E-state index contributed by atoms with van der Waals surface area (Å²) in [4.78, 5) is 22.0. The summed E-state index contributed by atoms with van der Waals surface area (Å²) in [5, 5.41) is 10.1. The highest BCUT2D eigenvalue weighted by molar-refractivity contribution is 5.80. The second kappa shape index (κ2) is 10.2. The first kappa shape index (κ1) is 21.7. The van der Waals surface area contributed by atoms with E-state index in [0.717, 1.165) is 11.1 Å². The fourth-order valence-corrected chi connectivity index (χ4v) is 3.00. The standard InChI is InChI=1S/C24H22O7/c1-28-23-10-21(5-3-18(23)12-25)30-14-16-7-17(9-20(27)8-16)15-31-22-6-4-19(13-26)24(11-22)29-2/h3-13,27H,14-15H2,1-2H3. The number of ether oxygens (including phenoxy) is 4. The number of carbonyl (C=O) groups excluding carboxylic acids is 2. The zero-order chi connectivity index (χ0) is 22.2. The molecule has 7 heteroatoms. The molecule has 0 radical (unpaired) electrons. The molecule has 0 aromatic heterocycles. The van der Waals surface area contributed by atoms with Gasteiger partial charge in [-0.15, -0.1) is 0 Å². The molecule has 31 heavy (non-hydrogen) atoms. The van der Waals surface area contributed by atoms with Crippen molar-refractivity contribution in [2.75, 3.05) is 14.2 Å². The number of rotatable bonds is 10. The Balaban J connectivity index is 1.68. The van der Waals surface area contributed by atoms with Gasteiger partial charge >= 0.3 is 0 Å². The maximum Gasteiger partial charge on any atom is 0.153 e. The molecule has 0 fully saturated rings. The fraction of sp³-hybridized carbons (Fsp3) is 0.167. The largest absolute Gasteiger partial charge is 0.508 e. The van der Waals surface area contributed by atoms with Crippen LogP contribution in [0.2, 0.25) is 0 Å². The first-order valence-corrected chi connectivity index (χ1v) is 9.40. The molecular formula is C24H22O7. The smallest absolute Gasteiger partial charge is 0.153 e. The molecule has 0 amide bonds. The summed E-state index contributed by atoms with van der Waals surface area (Å²) in [7, 11) is 2.96. The molecule has 7 nitrogen and oxygen atoms in total. The molecule has 160 valence electrons. The Hall–Kier alpha value is -4.00. The van der Waals surface area contributed by atoms with Crippen molar-refractivity contribution in [1.29, 1.82) is 0 Å². The van der Waals surface area contributed by atoms with E-state index in [1.165, 1.54) is 14.2 Å². The van der Waals surface area contributed by atoms with Crippen molar-refractivity contribution < 1.29 is 33.6 Å². The lowest BCUT2D eigenvalue weighted by Crippen LogP contribution is -2.01. The van der Waals surface area contributed by atoms with Crippen LogP contribution in [0.25, 0.3) is 0 Å². The Labute approximate surface area is 179 Å². The summed E-state index contributed by atoms with van der Waals surface area (Å²) in [6.45, 7) is 0.402. The van der Waals surface area contributed by atoms with Gasteiger partial charge in [0.1, 0.15) is 42.0 Å². The van der Waals surface area contributed by atoms with E-state index in [0.29, 0.717) is 46.7 Å². The number of phenolic OH excluding ortho intramolecular Hbond substituents is 1. The third kappa shape index (κ3) is 5.54. The summed E-state index contributed by atoms with van der Waals surface area (Å²) in [6.07, 6.45) is 1.43. The van der Waals surface area contributed by atoms with E-state index in [1.807, 2.05) is 6.07 Å². The average Bonchev–Trinajstić information content (AvgIpc) is 2.80. The van der Waals surface area contributed by atoms with Crippen LogP contribution in [0.3, 0.4) is 0 Å². The lowest BCUT2D eigenvalue weighted by molar-refractivity contribution is 0.111. The lowest BCUT2D eigenvalue weighted by Gasteiger charge is -2.12. The molecule has 3 rings (SSSR count). The Morgan fingerprint density at radius 3 is 1.55 bits per heavy atom. The third-order valence-corrected chi connectivity index (χ3v) is 4.51. The molecule has 3 aromatic rings. The van der Waals surface area contributed by atoms with Crippen molar-refractivity contribution in [2.24, 2.45) is 0 Å². The molecule has 0 aliphatic carbocycles. The number of carbonyl (C=O) groups is 2. The van der Waals surface area contributed by atoms with Crippen LogP contribution in [0.15, 0.2) is 54.6 Å². The summed E-state index contributed by atoms with van der Waals surface area (Å²) in [6, 6.07) is 14.9. The summed E-state index contributed by atoms with van der Waals surface area (Å²) < 4.78 is 21.9. The van der Waals surface area contributed by atoms with Gasteiger partial charge in [-0.3, -0.25) is 9.59 Å². The van der Waals surface area contributed by atoms with Gasteiger partial charge in [-0.2, -0.15) is 0 Å². The molecule has 0 unspecified atom stereocenters. The van der Waals surface area contributed by atoms with Gasteiger partial charge in [0.25, 0.3) is 0 Å². The second-order valence-electron chi connectivity index (χ2n) is 6.63. The molecule has 0 saturated carbocycles. The van der Waals surface area contributed by atoms with Gasteiger partial charge in [0.2, 0.25) is 0 Å². The SMILES string of the molecule is COc1cc(OCc2cc(O)cc(COc3ccc(C=O)c(OC)c3)c2)ccc1C=O. The highest BCUT2D eigenvalue weighted by Gasteiger charge is 2.08. The van der Waals surface area contributed by atoms with Gasteiger partial charge in [0, 0.05) is 12.1 Å². The minimum Gasteiger partial charge on any atom is -0.508 e. The van der Waals surface area contributed by atoms with E-state index in [1.54, 1.807) is 48.5 Å². The molecule has 3 aromatic carbocycles. The van der Waals surface area contributed by atoms with E-state index in [9.17, 15) is 14.7 Å². The maximum atomic E-state index is 11.0. The number of aromatic hydroxyl groups is 1. The third-order valence-electron chi connectivity index (χ3n) is 4.51. The normalized spacial score (nSPS) is 10.3. The summed E-state index contributed by atoms with van der Waals surface area (Å²) in [5.74, 6) is 2.00. The monoisotopic (exact) mass is 422 g/mol. The van der Waals surface area contributed by atoms with Crippen LogP contribution < -0.4 is 18.9 Å². The topological polar surface area (TPSA) is 91.3 Å².